The molecule has 2 aromatic rings. The Morgan fingerprint density at radius 3 is 1.85 bits per heavy atom. The molecule has 140 valence electrons. The van der Waals surface area contributed by atoms with E-state index in [0.717, 1.165) is 6.07 Å². The minimum atomic E-state index is -5.05. The highest BCUT2D eigenvalue weighted by atomic mass is 19.4. The molecule has 0 atom stereocenters. The van der Waals surface area contributed by atoms with Gasteiger partial charge in [0.1, 0.15) is 12.9 Å². The quantitative estimate of drug-likeness (QED) is 0.522. The van der Waals surface area contributed by atoms with Gasteiger partial charge in [0.25, 0.3) is 0 Å². The molecule has 0 aromatic heterocycles. The van der Waals surface area contributed by atoms with Crippen LogP contribution in [0.5, 0.6) is 5.75 Å². The summed E-state index contributed by atoms with van der Waals surface area (Å²) in [7, 11) is 0. The van der Waals surface area contributed by atoms with E-state index in [4.69, 9.17) is 4.74 Å². The third-order valence-corrected chi connectivity index (χ3v) is 3.20. The number of rotatable bonds is 4. The lowest BCUT2D eigenvalue weighted by Gasteiger charge is -2.15. The molecule has 0 radical (unpaired) electrons. The van der Waals surface area contributed by atoms with Gasteiger partial charge in [0, 0.05) is 5.56 Å². The van der Waals surface area contributed by atoms with Gasteiger partial charge in [0.05, 0.1) is 11.1 Å². The van der Waals surface area contributed by atoms with E-state index in [1.54, 1.807) is 0 Å². The molecule has 0 saturated heterocycles. The summed E-state index contributed by atoms with van der Waals surface area (Å²) in [6.45, 7) is -0.911. The smallest absolute Gasteiger partial charge is 0.416 e. The molecule has 0 aliphatic carbocycles. The predicted molar refractivity (Wildman–Crippen MR) is 72.5 cm³/mol. The van der Waals surface area contributed by atoms with Gasteiger partial charge in [-0.25, -0.2) is 4.39 Å². The van der Waals surface area contributed by atoms with Crippen LogP contribution in [-0.4, -0.2) is 6.29 Å². The number of hydrogen-bond acceptors (Lipinski definition) is 2. The minimum absolute atomic E-state index is 0.0727. The van der Waals surface area contributed by atoms with E-state index >= 15 is 0 Å². The van der Waals surface area contributed by atoms with Crippen molar-refractivity contribution in [3.8, 4) is 5.75 Å². The summed E-state index contributed by atoms with van der Waals surface area (Å²) in [6.07, 6.45) is -9.93. The Labute approximate surface area is 141 Å². The summed E-state index contributed by atoms with van der Waals surface area (Å²) < 4.78 is 108. The highest BCUT2D eigenvalue weighted by Gasteiger charge is 2.36. The number of alkyl halides is 6. The summed E-state index contributed by atoms with van der Waals surface area (Å²) in [6, 6.07) is 2.04. The van der Waals surface area contributed by atoms with Gasteiger partial charge < -0.3 is 4.74 Å². The first-order valence-electron chi connectivity index (χ1n) is 6.77. The van der Waals surface area contributed by atoms with Crippen LogP contribution in [0.4, 0.5) is 35.1 Å². The van der Waals surface area contributed by atoms with E-state index in [0.29, 0.717) is 18.2 Å². The largest absolute Gasteiger partial charge is 0.486 e. The lowest BCUT2D eigenvalue weighted by molar-refractivity contribution is -0.143. The first-order chi connectivity index (χ1) is 11.9. The lowest BCUT2D eigenvalue weighted by atomic mass is 10.1. The van der Waals surface area contributed by atoms with Gasteiger partial charge in [-0.2, -0.15) is 30.7 Å². The van der Waals surface area contributed by atoms with Gasteiger partial charge in [0.2, 0.25) is 5.82 Å². The SMILES string of the molecule is O=Cc1cc(F)c(F)c(OCc2cc(C(F)(F)F)cc(C(F)(F)F)c2)c1. The molecule has 2 aromatic carbocycles. The fraction of sp³-hybridized carbons (Fsp3) is 0.188. The Hall–Kier alpha value is -2.65. The maximum atomic E-state index is 13.6. The average molecular weight is 384 g/mol. The molecule has 0 heterocycles. The molecular weight excluding hydrogens is 376 g/mol. The van der Waals surface area contributed by atoms with Gasteiger partial charge in [-0.1, -0.05) is 0 Å². The third-order valence-electron chi connectivity index (χ3n) is 3.20. The lowest BCUT2D eigenvalue weighted by Crippen LogP contribution is -2.12. The predicted octanol–water partition coefficient (Wildman–Crippen LogP) is 5.39. The van der Waals surface area contributed by atoms with Crippen LogP contribution in [0.15, 0.2) is 30.3 Å². The third kappa shape index (κ3) is 4.50. The molecule has 0 amide bonds. The van der Waals surface area contributed by atoms with Gasteiger partial charge in [-0.15, -0.1) is 0 Å². The van der Waals surface area contributed by atoms with Crippen LogP contribution in [0.2, 0.25) is 0 Å². The van der Waals surface area contributed by atoms with Crippen molar-refractivity contribution in [1.82, 2.24) is 0 Å². The molecule has 0 saturated carbocycles. The van der Waals surface area contributed by atoms with Crippen LogP contribution < -0.4 is 4.74 Å². The normalized spacial score (nSPS) is 12.2. The van der Waals surface area contributed by atoms with Gasteiger partial charge >= 0.3 is 12.4 Å². The van der Waals surface area contributed by atoms with Crippen LogP contribution in [-0.2, 0) is 19.0 Å². The summed E-state index contributed by atoms with van der Waals surface area (Å²) in [5.41, 5.74) is -4.03. The second kappa shape index (κ2) is 6.93. The van der Waals surface area contributed by atoms with Gasteiger partial charge in [0.15, 0.2) is 11.6 Å². The molecular formula is C16H8F8O2. The zero-order chi connectivity index (χ0) is 19.7. The first kappa shape index (κ1) is 19.7. The Bertz CT molecular complexity index is 792. The number of carbonyl (C=O) groups excluding carboxylic acids is 1. The molecule has 2 rings (SSSR count). The number of ether oxygens (including phenoxy) is 1. The van der Waals surface area contributed by atoms with Crippen molar-refractivity contribution in [3.63, 3.8) is 0 Å². The second-order valence-corrected chi connectivity index (χ2v) is 5.14. The number of carbonyl (C=O) groups is 1. The maximum absolute atomic E-state index is 13.6. The van der Waals surface area contributed by atoms with Crippen molar-refractivity contribution < 1.29 is 44.7 Å². The molecule has 0 spiro atoms. The topological polar surface area (TPSA) is 26.3 Å². The van der Waals surface area contributed by atoms with E-state index in [-0.39, 0.29) is 17.9 Å². The van der Waals surface area contributed by atoms with Gasteiger partial charge in [-0.05, 0) is 35.9 Å². The summed E-state index contributed by atoms with van der Waals surface area (Å²) in [4.78, 5) is 10.6. The van der Waals surface area contributed by atoms with Gasteiger partial charge in [-0.3, -0.25) is 4.79 Å². The Morgan fingerprint density at radius 1 is 0.846 bits per heavy atom. The highest BCUT2D eigenvalue weighted by molar-refractivity contribution is 5.75. The van der Waals surface area contributed by atoms with Crippen molar-refractivity contribution in [2.75, 3.05) is 0 Å². The van der Waals surface area contributed by atoms with Crippen LogP contribution in [0.3, 0.4) is 0 Å². The molecule has 0 fully saturated rings. The van der Waals surface area contributed by atoms with Crippen molar-refractivity contribution in [3.05, 3.63) is 64.2 Å². The standard InChI is InChI=1S/C16H8F8O2/c17-12-3-8(6-25)4-13(14(12)18)26-7-9-1-10(15(19,20)21)5-11(2-9)16(22,23)24/h1-6H,7H2. The molecule has 0 unspecified atom stereocenters. The highest BCUT2D eigenvalue weighted by Crippen LogP contribution is 2.36. The first-order valence-corrected chi connectivity index (χ1v) is 6.77. The Morgan fingerprint density at radius 2 is 1.38 bits per heavy atom. The molecule has 10 heteroatoms. The second-order valence-electron chi connectivity index (χ2n) is 5.14. The van der Waals surface area contributed by atoms with E-state index in [9.17, 15) is 39.9 Å². The molecule has 0 bridgehead atoms. The number of halogens is 8. The molecule has 0 N–H and O–H groups in total. The minimum Gasteiger partial charge on any atom is -0.486 e. The summed E-state index contributed by atoms with van der Waals surface area (Å²) in [5, 5.41) is 0. The molecule has 2 nitrogen and oxygen atoms in total. The van der Waals surface area contributed by atoms with Crippen molar-refractivity contribution in [2.24, 2.45) is 0 Å². The number of benzene rings is 2. The van der Waals surface area contributed by atoms with E-state index in [1.165, 1.54) is 0 Å². The summed E-state index contributed by atoms with van der Waals surface area (Å²) in [5.74, 6) is -3.80. The van der Waals surface area contributed by atoms with Crippen LogP contribution in [0.1, 0.15) is 27.0 Å². The average Bonchev–Trinajstić information content (AvgIpc) is 2.54. The summed E-state index contributed by atoms with van der Waals surface area (Å²) >= 11 is 0. The van der Waals surface area contributed by atoms with Crippen molar-refractivity contribution >= 4 is 6.29 Å². The van der Waals surface area contributed by atoms with Crippen molar-refractivity contribution in [1.29, 1.82) is 0 Å². The monoisotopic (exact) mass is 384 g/mol. The molecule has 26 heavy (non-hydrogen) atoms. The molecule has 0 aliphatic heterocycles. The van der Waals surface area contributed by atoms with E-state index < -0.39 is 53.0 Å². The fourth-order valence-electron chi connectivity index (χ4n) is 2.02. The van der Waals surface area contributed by atoms with Crippen LogP contribution in [0, 0.1) is 11.6 Å². The van der Waals surface area contributed by atoms with E-state index in [2.05, 4.69) is 0 Å². The number of hydrogen-bond donors (Lipinski definition) is 0. The van der Waals surface area contributed by atoms with Crippen LogP contribution in [0.25, 0.3) is 0 Å². The number of aldehydes is 1. The molecule has 0 aliphatic rings. The van der Waals surface area contributed by atoms with Crippen LogP contribution >= 0.6 is 0 Å². The zero-order valence-corrected chi connectivity index (χ0v) is 12.5. The fourth-order valence-corrected chi connectivity index (χ4v) is 2.02. The maximum Gasteiger partial charge on any atom is 0.416 e. The van der Waals surface area contributed by atoms with E-state index in [1.807, 2.05) is 0 Å². The zero-order valence-electron chi connectivity index (χ0n) is 12.5. The Kier molecular flexibility index (Phi) is 5.24. The Balaban J connectivity index is 2.38. The van der Waals surface area contributed by atoms with Crippen molar-refractivity contribution in [2.45, 2.75) is 19.0 Å².